The van der Waals surface area contributed by atoms with E-state index in [1.165, 1.54) is 0 Å². The van der Waals surface area contributed by atoms with Crippen LogP contribution in [0.3, 0.4) is 0 Å². The first-order chi connectivity index (χ1) is 12.7. The molecule has 3 N–H and O–H groups in total. The number of nitrogen functional groups attached to an aromatic ring is 1. The number of rotatable bonds is 3. The van der Waals surface area contributed by atoms with Gasteiger partial charge in [-0.25, -0.2) is 14.2 Å². The summed E-state index contributed by atoms with van der Waals surface area (Å²) < 4.78 is 17.6. The number of nitrogens with zero attached hydrogens (tertiary/aromatic N) is 3. The highest BCUT2D eigenvalue weighted by atomic mass is 35.5. The van der Waals surface area contributed by atoms with Gasteiger partial charge in [0.25, 0.3) is 0 Å². The summed E-state index contributed by atoms with van der Waals surface area (Å²) in [5.74, 6) is 2.21. The molecule has 1 aliphatic rings. The fourth-order valence-electron chi connectivity index (χ4n) is 3.09. The molecule has 130 valence electrons. The SMILES string of the molecule is Nc1nonc1-c1[nH]c2ccccc2[n+]1Cc1cc2c(cc1Cl)OCO2. The molecule has 9 heteroatoms. The van der Waals surface area contributed by atoms with Gasteiger partial charge in [-0.1, -0.05) is 23.7 Å². The molecule has 2 aromatic heterocycles. The van der Waals surface area contributed by atoms with Gasteiger partial charge in [-0.05, 0) is 28.5 Å². The zero-order valence-corrected chi connectivity index (χ0v) is 14.2. The molecular formula is C17H13ClN5O3+. The van der Waals surface area contributed by atoms with Crippen LogP contribution in [0.25, 0.3) is 22.6 Å². The van der Waals surface area contributed by atoms with Gasteiger partial charge >= 0.3 is 5.82 Å². The molecule has 0 atom stereocenters. The molecule has 0 bridgehead atoms. The highest BCUT2D eigenvalue weighted by molar-refractivity contribution is 6.31. The second-order valence-electron chi connectivity index (χ2n) is 5.87. The van der Waals surface area contributed by atoms with Crippen LogP contribution in [0.1, 0.15) is 5.56 Å². The maximum Gasteiger partial charge on any atom is 0.314 e. The molecular weight excluding hydrogens is 358 g/mol. The first-order valence-corrected chi connectivity index (χ1v) is 8.25. The summed E-state index contributed by atoms with van der Waals surface area (Å²) in [5, 5.41) is 8.18. The Hall–Kier alpha value is -3.26. The van der Waals surface area contributed by atoms with Crippen LogP contribution in [-0.2, 0) is 6.54 Å². The summed E-state index contributed by atoms with van der Waals surface area (Å²) >= 11 is 6.45. The Kier molecular flexibility index (Phi) is 3.26. The quantitative estimate of drug-likeness (QED) is 0.537. The fourth-order valence-corrected chi connectivity index (χ4v) is 3.31. The fraction of sp³-hybridized carbons (Fsp3) is 0.118. The topological polar surface area (TPSA) is 103 Å². The largest absolute Gasteiger partial charge is 0.454 e. The maximum atomic E-state index is 6.45. The normalized spacial score (nSPS) is 12.8. The minimum atomic E-state index is 0.196. The summed E-state index contributed by atoms with van der Waals surface area (Å²) in [6.07, 6.45) is 0. The van der Waals surface area contributed by atoms with Crippen LogP contribution in [0.2, 0.25) is 5.02 Å². The monoisotopic (exact) mass is 370 g/mol. The first kappa shape index (κ1) is 15.0. The maximum absolute atomic E-state index is 6.45. The molecule has 26 heavy (non-hydrogen) atoms. The number of aromatic amines is 1. The lowest BCUT2D eigenvalue weighted by atomic mass is 10.2. The van der Waals surface area contributed by atoms with Crippen molar-refractivity contribution in [2.75, 3.05) is 12.5 Å². The molecule has 0 unspecified atom stereocenters. The van der Waals surface area contributed by atoms with Crippen molar-refractivity contribution >= 4 is 28.5 Å². The second kappa shape index (κ2) is 5.63. The number of H-pyrrole nitrogens is 1. The highest BCUT2D eigenvalue weighted by Gasteiger charge is 2.27. The van der Waals surface area contributed by atoms with Gasteiger partial charge in [0.15, 0.2) is 22.5 Å². The van der Waals surface area contributed by atoms with Gasteiger partial charge in [0, 0.05) is 11.6 Å². The number of nitrogens with two attached hydrogens (primary N) is 1. The summed E-state index contributed by atoms with van der Waals surface area (Å²) in [6.45, 7) is 0.670. The number of aromatic nitrogens is 4. The molecule has 0 radical (unpaired) electrons. The van der Waals surface area contributed by atoms with Crippen LogP contribution in [0, 0.1) is 0 Å². The van der Waals surface area contributed by atoms with E-state index in [0.717, 1.165) is 16.6 Å². The number of nitrogens with one attached hydrogen (secondary N) is 1. The van der Waals surface area contributed by atoms with E-state index in [9.17, 15) is 0 Å². The number of fused-ring (bicyclic) bond motifs is 2. The van der Waals surface area contributed by atoms with E-state index in [1.807, 2.05) is 34.9 Å². The van der Waals surface area contributed by atoms with Crippen molar-refractivity contribution < 1.29 is 18.7 Å². The van der Waals surface area contributed by atoms with E-state index < -0.39 is 0 Å². The Morgan fingerprint density at radius 2 is 1.96 bits per heavy atom. The zero-order chi connectivity index (χ0) is 17.7. The molecule has 0 amide bonds. The second-order valence-corrected chi connectivity index (χ2v) is 6.28. The van der Waals surface area contributed by atoms with E-state index >= 15 is 0 Å². The standard InChI is InChI=1S/C17H12ClN5O3/c18-10-6-14-13(24-8-25-14)5-9(10)7-23-12-4-2-1-3-11(12)20-17(23)15-16(19)22-26-21-15/h1-6H,7-8H2,(H2,19,22)/p+1. The number of ether oxygens (including phenoxy) is 2. The van der Waals surface area contributed by atoms with Crippen molar-refractivity contribution in [3.05, 3.63) is 47.0 Å². The molecule has 0 spiro atoms. The van der Waals surface area contributed by atoms with E-state index in [2.05, 4.69) is 15.3 Å². The van der Waals surface area contributed by atoms with Crippen LogP contribution >= 0.6 is 11.6 Å². The van der Waals surface area contributed by atoms with Crippen LogP contribution < -0.4 is 19.8 Å². The van der Waals surface area contributed by atoms with Crippen molar-refractivity contribution in [3.63, 3.8) is 0 Å². The zero-order valence-electron chi connectivity index (χ0n) is 13.4. The van der Waals surface area contributed by atoms with Crippen LogP contribution in [0.15, 0.2) is 41.0 Å². The molecule has 5 rings (SSSR count). The number of halogens is 1. The van der Waals surface area contributed by atoms with Gasteiger partial charge in [0.2, 0.25) is 18.3 Å². The molecule has 0 saturated carbocycles. The van der Waals surface area contributed by atoms with Gasteiger partial charge < -0.3 is 15.2 Å². The number of para-hydroxylation sites is 2. The van der Waals surface area contributed by atoms with E-state index in [0.29, 0.717) is 34.6 Å². The van der Waals surface area contributed by atoms with Crippen molar-refractivity contribution in [3.8, 4) is 23.0 Å². The summed E-state index contributed by atoms with van der Waals surface area (Å²) in [7, 11) is 0. The first-order valence-electron chi connectivity index (χ1n) is 7.87. The third-order valence-corrected chi connectivity index (χ3v) is 4.68. The summed E-state index contributed by atoms with van der Waals surface area (Å²) in [5.41, 5.74) is 9.12. The Morgan fingerprint density at radius 3 is 2.77 bits per heavy atom. The third-order valence-electron chi connectivity index (χ3n) is 4.33. The van der Waals surface area contributed by atoms with Gasteiger partial charge in [0.05, 0.1) is 5.02 Å². The van der Waals surface area contributed by atoms with Crippen molar-refractivity contribution in [2.24, 2.45) is 0 Å². The third kappa shape index (κ3) is 2.26. The van der Waals surface area contributed by atoms with Crippen molar-refractivity contribution in [1.29, 1.82) is 0 Å². The molecule has 2 aromatic carbocycles. The molecule has 0 fully saturated rings. The molecule has 0 saturated heterocycles. The number of anilines is 1. The molecule has 4 aromatic rings. The van der Waals surface area contributed by atoms with E-state index in [4.69, 9.17) is 31.4 Å². The van der Waals surface area contributed by atoms with Crippen LogP contribution in [0.4, 0.5) is 5.82 Å². The van der Waals surface area contributed by atoms with Crippen LogP contribution in [0.5, 0.6) is 11.5 Å². The average molecular weight is 371 g/mol. The van der Waals surface area contributed by atoms with Crippen molar-refractivity contribution in [2.45, 2.75) is 6.54 Å². The van der Waals surface area contributed by atoms with Gasteiger partial charge in [-0.3, -0.25) is 0 Å². The van der Waals surface area contributed by atoms with Crippen LogP contribution in [-0.4, -0.2) is 22.1 Å². The van der Waals surface area contributed by atoms with Gasteiger partial charge in [-0.2, -0.15) is 0 Å². The predicted octanol–water partition coefficient (Wildman–Crippen LogP) is 2.52. The van der Waals surface area contributed by atoms with Gasteiger partial charge in [-0.15, -0.1) is 0 Å². The predicted molar refractivity (Wildman–Crippen MR) is 92.9 cm³/mol. The lowest BCUT2D eigenvalue weighted by Gasteiger charge is -2.06. The minimum Gasteiger partial charge on any atom is -0.454 e. The Balaban J connectivity index is 1.68. The molecule has 3 heterocycles. The smallest absolute Gasteiger partial charge is 0.314 e. The minimum absolute atomic E-state index is 0.196. The number of benzene rings is 2. The molecule has 0 aliphatic carbocycles. The summed E-state index contributed by atoms with van der Waals surface area (Å²) in [4.78, 5) is 3.32. The summed E-state index contributed by atoms with van der Waals surface area (Å²) in [6, 6.07) is 11.5. The highest BCUT2D eigenvalue weighted by Crippen LogP contribution is 2.37. The Bertz CT molecular complexity index is 1140. The molecule has 1 aliphatic heterocycles. The number of imidazole rings is 1. The average Bonchev–Trinajstić information content (AvgIpc) is 3.34. The van der Waals surface area contributed by atoms with Gasteiger partial charge in [0.1, 0.15) is 6.54 Å². The lowest BCUT2D eigenvalue weighted by molar-refractivity contribution is -0.651. The lowest BCUT2D eigenvalue weighted by Crippen LogP contribution is -2.36. The van der Waals surface area contributed by atoms with E-state index in [-0.39, 0.29) is 12.6 Å². The van der Waals surface area contributed by atoms with E-state index in [1.54, 1.807) is 6.07 Å². The Morgan fingerprint density at radius 1 is 1.15 bits per heavy atom. The Labute approximate surface area is 152 Å². The number of hydrogen-bond donors (Lipinski definition) is 2. The number of hydrogen-bond acceptors (Lipinski definition) is 6. The molecule has 8 nitrogen and oxygen atoms in total. The van der Waals surface area contributed by atoms with Crippen molar-refractivity contribution in [1.82, 2.24) is 15.3 Å².